The van der Waals surface area contributed by atoms with Gasteiger partial charge in [-0.25, -0.2) is 0 Å². The van der Waals surface area contributed by atoms with Gasteiger partial charge in [0.1, 0.15) is 17.0 Å². The van der Waals surface area contributed by atoms with Gasteiger partial charge in [0.25, 0.3) is 0 Å². The maximum absolute atomic E-state index is 14.8. The van der Waals surface area contributed by atoms with E-state index in [4.69, 9.17) is 9.47 Å². The van der Waals surface area contributed by atoms with Gasteiger partial charge in [-0.1, -0.05) is 84.9 Å². The largest absolute Gasteiger partial charge is 0.497 e. The lowest BCUT2D eigenvalue weighted by molar-refractivity contribution is -0.150. The van der Waals surface area contributed by atoms with Gasteiger partial charge in [0.2, 0.25) is 11.8 Å². The summed E-state index contributed by atoms with van der Waals surface area (Å²) < 4.78 is 11.0. The van der Waals surface area contributed by atoms with Crippen LogP contribution in [0.5, 0.6) is 11.5 Å². The van der Waals surface area contributed by atoms with Gasteiger partial charge in [-0.15, -0.1) is 0 Å². The van der Waals surface area contributed by atoms with Gasteiger partial charge in [0.15, 0.2) is 0 Å². The van der Waals surface area contributed by atoms with Crippen LogP contribution in [0.4, 0.5) is 5.69 Å². The van der Waals surface area contributed by atoms with Gasteiger partial charge >= 0.3 is 0 Å². The number of rotatable bonds is 9. The van der Waals surface area contributed by atoms with E-state index in [2.05, 4.69) is 29.6 Å². The standard InChI is InChI=1S/C38H40N2O4/c1-43-33-17-18-34(35(24-33)44-2)39-37(42)38(20-19-31-22-29-15-9-10-16-30(29)23-32(31)25-38)40(26-28-13-7-4-8-14-28)36(41)21-27-11-5-3-6-12-27/h3-18,24,31-32H,19-23,25-26H2,1-2H3,(H,39,42)/t31-,32-,38+/m1/s1. The summed E-state index contributed by atoms with van der Waals surface area (Å²) in [6.07, 6.45) is 4.22. The molecule has 0 spiro atoms. The average Bonchev–Trinajstić information content (AvgIpc) is 3.07. The van der Waals surface area contributed by atoms with Crippen molar-refractivity contribution in [2.75, 3.05) is 19.5 Å². The highest BCUT2D eigenvalue weighted by Crippen LogP contribution is 2.47. The predicted molar refractivity (Wildman–Crippen MR) is 173 cm³/mol. The minimum atomic E-state index is -1.04. The number of amides is 2. The summed E-state index contributed by atoms with van der Waals surface area (Å²) >= 11 is 0. The second kappa shape index (κ2) is 13.0. The third-order valence-corrected chi connectivity index (χ3v) is 9.56. The molecule has 4 aromatic rings. The van der Waals surface area contributed by atoms with Crippen molar-refractivity contribution in [1.29, 1.82) is 0 Å². The summed E-state index contributed by atoms with van der Waals surface area (Å²) in [6.45, 7) is 0.355. The number of ether oxygens (including phenoxy) is 2. The Morgan fingerprint density at radius 1 is 0.795 bits per heavy atom. The third-order valence-electron chi connectivity index (χ3n) is 9.56. The molecule has 2 aliphatic rings. The van der Waals surface area contributed by atoms with Crippen LogP contribution in [0.1, 0.15) is 41.5 Å². The Labute approximate surface area is 260 Å². The second-order valence-electron chi connectivity index (χ2n) is 12.1. The molecule has 226 valence electrons. The molecular formula is C38H40N2O4. The Balaban J connectivity index is 1.41. The summed E-state index contributed by atoms with van der Waals surface area (Å²) in [5.74, 6) is 1.69. The molecule has 0 unspecified atom stereocenters. The Kier molecular flexibility index (Phi) is 8.69. The minimum Gasteiger partial charge on any atom is -0.497 e. The van der Waals surface area contributed by atoms with Crippen molar-refractivity contribution in [2.45, 2.75) is 50.6 Å². The van der Waals surface area contributed by atoms with Crippen LogP contribution < -0.4 is 14.8 Å². The number of hydrogen-bond acceptors (Lipinski definition) is 4. The molecule has 1 fully saturated rings. The van der Waals surface area contributed by atoms with E-state index in [1.807, 2.05) is 71.6 Å². The van der Waals surface area contributed by atoms with E-state index in [9.17, 15) is 9.59 Å². The molecule has 6 nitrogen and oxygen atoms in total. The van der Waals surface area contributed by atoms with Crippen molar-refractivity contribution in [1.82, 2.24) is 4.90 Å². The molecule has 0 aliphatic heterocycles. The van der Waals surface area contributed by atoms with Gasteiger partial charge in [0.05, 0.1) is 26.3 Å². The molecule has 6 rings (SSSR count). The molecule has 2 aliphatic carbocycles. The Morgan fingerprint density at radius 2 is 1.43 bits per heavy atom. The molecular weight excluding hydrogens is 548 g/mol. The normalized spacial score (nSPS) is 20.5. The highest BCUT2D eigenvalue weighted by Gasteiger charge is 2.52. The molecule has 0 bridgehead atoms. The summed E-state index contributed by atoms with van der Waals surface area (Å²) in [7, 11) is 3.18. The number of hydrogen-bond donors (Lipinski definition) is 1. The summed E-state index contributed by atoms with van der Waals surface area (Å²) in [6, 6.07) is 33.9. The maximum atomic E-state index is 14.8. The average molecular weight is 589 g/mol. The van der Waals surface area contributed by atoms with Crippen molar-refractivity contribution in [3.05, 3.63) is 125 Å². The lowest BCUT2D eigenvalue weighted by atomic mass is 9.62. The van der Waals surface area contributed by atoms with Gasteiger partial charge in [0, 0.05) is 12.6 Å². The van der Waals surface area contributed by atoms with E-state index in [1.54, 1.807) is 26.4 Å². The number of nitrogens with zero attached hydrogens (tertiary/aromatic N) is 1. The SMILES string of the molecule is COc1ccc(NC(=O)[C@]2(N(Cc3ccccc3)C(=O)Cc3ccccc3)CC[C@@H]3Cc4ccccc4C[C@@H]3C2)c(OC)c1. The Morgan fingerprint density at radius 3 is 2.09 bits per heavy atom. The Hall–Kier alpha value is -4.58. The Bertz CT molecular complexity index is 1610. The second-order valence-corrected chi connectivity index (χ2v) is 12.1. The minimum absolute atomic E-state index is 0.0495. The lowest BCUT2D eigenvalue weighted by Gasteiger charge is -2.51. The number of methoxy groups -OCH3 is 2. The van der Waals surface area contributed by atoms with Crippen molar-refractivity contribution in [3.63, 3.8) is 0 Å². The van der Waals surface area contributed by atoms with Crippen LogP contribution in [-0.2, 0) is 35.4 Å². The van der Waals surface area contributed by atoms with E-state index in [0.29, 0.717) is 42.5 Å². The smallest absolute Gasteiger partial charge is 0.250 e. The molecule has 6 heteroatoms. The van der Waals surface area contributed by atoms with Crippen LogP contribution in [0.3, 0.4) is 0 Å². The van der Waals surface area contributed by atoms with Gasteiger partial charge in [-0.05, 0) is 78.3 Å². The first-order chi connectivity index (χ1) is 21.5. The van der Waals surface area contributed by atoms with E-state index < -0.39 is 5.54 Å². The van der Waals surface area contributed by atoms with Crippen molar-refractivity contribution in [3.8, 4) is 11.5 Å². The number of carbonyl (C=O) groups is 2. The van der Waals surface area contributed by atoms with Crippen LogP contribution in [0.2, 0.25) is 0 Å². The number of carbonyl (C=O) groups excluding carboxylic acids is 2. The summed E-state index contributed by atoms with van der Waals surface area (Å²) in [5.41, 5.74) is 4.22. The zero-order valence-corrected chi connectivity index (χ0v) is 25.5. The zero-order valence-electron chi connectivity index (χ0n) is 25.5. The zero-order chi connectivity index (χ0) is 30.5. The van der Waals surface area contributed by atoms with Crippen LogP contribution in [-0.4, -0.2) is 36.5 Å². The molecule has 0 radical (unpaired) electrons. The van der Waals surface area contributed by atoms with Crippen LogP contribution in [0.25, 0.3) is 0 Å². The molecule has 0 heterocycles. The predicted octanol–water partition coefficient (Wildman–Crippen LogP) is 6.87. The molecule has 1 N–H and O–H groups in total. The molecule has 0 saturated heterocycles. The van der Waals surface area contributed by atoms with Gasteiger partial charge in [-0.2, -0.15) is 0 Å². The highest BCUT2D eigenvalue weighted by atomic mass is 16.5. The third kappa shape index (κ3) is 6.07. The van der Waals surface area contributed by atoms with Crippen molar-refractivity contribution in [2.24, 2.45) is 11.8 Å². The van der Waals surface area contributed by atoms with Crippen LogP contribution in [0.15, 0.2) is 103 Å². The molecule has 2 amide bonds. The highest BCUT2D eigenvalue weighted by molar-refractivity contribution is 6.02. The number of anilines is 1. The topological polar surface area (TPSA) is 67.9 Å². The van der Waals surface area contributed by atoms with Gasteiger partial charge < -0.3 is 19.7 Å². The number of nitrogens with one attached hydrogen (secondary N) is 1. The quantitative estimate of drug-likeness (QED) is 0.232. The molecule has 3 atom stereocenters. The van der Waals surface area contributed by atoms with Crippen LogP contribution >= 0.6 is 0 Å². The van der Waals surface area contributed by atoms with E-state index in [1.165, 1.54) is 11.1 Å². The summed E-state index contributed by atoms with van der Waals surface area (Å²) in [5, 5.41) is 3.21. The first-order valence-electron chi connectivity index (χ1n) is 15.5. The fourth-order valence-corrected chi connectivity index (χ4v) is 7.22. The van der Waals surface area contributed by atoms with E-state index in [-0.39, 0.29) is 24.2 Å². The number of benzene rings is 4. The maximum Gasteiger partial charge on any atom is 0.250 e. The lowest BCUT2D eigenvalue weighted by Crippen LogP contribution is -2.62. The first-order valence-corrected chi connectivity index (χ1v) is 15.5. The fourth-order valence-electron chi connectivity index (χ4n) is 7.22. The molecule has 44 heavy (non-hydrogen) atoms. The molecule has 1 saturated carbocycles. The van der Waals surface area contributed by atoms with Gasteiger partial charge in [-0.3, -0.25) is 9.59 Å². The van der Waals surface area contributed by atoms with E-state index >= 15 is 0 Å². The monoisotopic (exact) mass is 588 g/mol. The van der Waals surface area contributed by atoms with Crippen molar-refractivity contribution >= 4 is 17.5 Å². The van der Waals surface area contributed by atoms with E-state index in [0.717, 1.165) is 30.4 Å². The number of fused-ring (bicyclic) bond motifs is 2. The van der Waals surface area contributed by atoms with Crippen molar-refractivity contribution < 1.29 is 19.1 Å². The fraction of sp³-hybridized carbons (Fsp3) is 0.316. The molecule has 0 aromatic heterocycles. The summed E-state index contributed by atoms with van der Waals surface area (Å²) in [4.78, 5) is 31.2. The first kappa shape index (κ1) is 29.5. The van der Waals surface area contributed by atoms with Crippen LogP contribution in [0, 0.1) is 11.8 Å². The molecule has 4 aromatic carbocycles.